The molecule has 18 heavy (non-hydrogen) atoms. The van der Waals surface area contributed by atoms with Crippen molar-refractivity contribution in [2.75, 3.05) is 6.54 Å². The molecule has 3 nitrogen and oxygen atoms in total. The molecule has 0 saturated carbocycles. The summed E-state index contributed by atoms with van der Waals surface area (Å²) < 4.78 is 0. The first-order valence-corrected chi connectivity index (χ1v) is 6.24. The maximum atomic E-state index is 6.02. The van der Waals surface area contributed by atoms with E-state index < -0.39 is 0 Å². The summed E-state index contributed by atoms with van der Waals surface area (Å²) in [4.78, 5) is 4.25. The Balaban J connectivity index is 0.00000289. The van der Waals surface area contributed by atoms with E-state index in [2.05, 4.69) is 24.2 Å². The zero-order chi connectivity index (χ0) is 12.7. The van der Waals surface area contributed by atoms with E-state index in [1.165, 1.54) is 0 Å². The normalized spacial score (nSPS) is 11.2. The van der Waals surface area contributed by atoms with Crippen LogP contribution in [0.1, 0.15) is 25.8 Å². The topological polar surface area (TPSA) is 50.4 Å². The summed E-state index contributed by atoms with van der Waals surface area (Å²) in [5.74, 6) is 1.14. The molecule has 0 radical (unpaired) electrons. The number of nitrogens with zero attached hydrogens (tertiary/aromatic N) is 1. The van der Waals surface area contributed by atoms with E-state index in [4.69, 9.17) is 17.3 Å². The van der Waals surface area contributed by atoms with Crippen molar-refractivity contribution in [1.82, 2.24) is 5.32 Å². The monoisotopic (exact) mass is 381 g/mol. The Hall–Kier alpha value is -0.490. The molecule has 0 heterocycles. The third kappa shape index (κ3) is 7.06. The number of hydrogen-bond donors (Lipinski definition) is 2. The molecule has 5 heteroatoms. The molecular formula is C13H21ClIN3. The molecule has 1 rings (SSSR count). The van der Waals surface area contributed by atoms with Crippen molar-refractivity contribution >= 4 is 41.5 Å². The van der Waals surface area contributed by atoms with Crippen LogP contribution in [-0.2, 0) is 6.54 Å². The lowest BCUT2D eigenvalue weighted by molar-refractivity contribution is 0.576. The molecule has 0 atom stereocenters. The van der Waals surface area contributed by atoms with E-state index >= 15 is 0 Å². The Kier molecular flexibility index (Phi) is 9.18. The first-order chi connectivity index (χ1) is 8.09. The average Bonchev–Trinajstić information content (AvgIpc) is 2.27. The van der Waals surface area contributed by atoms with Gasteiger partial charge in [0.05, 0.1) is 6.54 Å². The lowest BCUT2D eigenvalue weighted by atomic mass is 10.1. The molecule has 0 bridgehead atoms. The second kappa shape index (κ2) is 9.44. The lowest BCUT2D eigenvalue weighted by Crippen LogP contribution is -2.32. The lowest BCUT2D eigenvalue weighted by Gasteiger charge is -2.07. The van der Waals surface area contributed by atoms with E-state index in [1.54, 1.807) is 0 Å². The fourth-order valence-corrected chi connectivity index (χ4v) is 1.54. The van der Waals surface area contributed by atoms with Gasteiger partial charge in [0, 0.05) is 11.6 Å². The van der Waals surface area contributed by atoms with Crippen molar-refractivity contribution in [2.24, 2.45) is 16.6 Å². The van der Waals surface area contributed by atoms with Crippen LogP contribution >= 0.6 is 35.6 Å². The summed E-state index contributed by atoms with van der Waals surface area (Å²) in [6, 6.07) is 7.65. The highest BCUT2D eigenvalue weighted by Crippen LogP contribution is 2.15. The van der Waals surface area contributed by atoms with Crippen LogP contribution in [-0.4, -0.2) is 12.5 Å². The Morgan fingerprint density at radius 1 is 1.39 bits per heavy atom. The minimum Gasteiger partial charge on any atom is -0.370 e. The maximum Gasteiger partial charge on any atom is 0.188 e. The molecule has 0 aliphatic heterocycles. The van der Waals surface area contributed by atoms with Crippen molar-refractivity contribution < 1.29 is 0 Å². The van der Waals surface area contributed by atoms with E-state index in [0.29, 0.717) is 18.4 Å². The highest BCUT2D eigenvalue weighted by Gasteiger charge is 1.98. The summed E-state index contributed by atoms with van der Waals surface area (Å²) in [6.07, 6.45) is 1.09. The van der Waals surface area contributed by atoms with Crippen LogP contribution in [0, 0.1) is 5.92 Å². The van der Waals surface area contributed by atoms with Crippen LogP contribution < -0.4 is 11.1 Å². The number of halogens is 2. The van der Waals surface area contributed by atoms with E-state index in [0.717, 1.165) is 23.6 Å². The minimum atomic E-state index is 0. The molecule has 0 aliphatic carbocycles. The van der Waals surface area contributed by atoms with Crippen LogP contribution in [0.15, 0.2) is 29.3 Å². The van der Waals surface area contributed by atoms with Gasteiger partial charge in [-0.1, -0.05) is 43.6 Å². The first-order valence-electron chi connectivity index (χ1n) is 5.86. The summed E-state index contributed by atoms with van der Waals surface area (Å²) in [6.45, 7) is 5.73. The number of aliphatic imine (C=N–C) groups is 1. The Labute approximate surface area is 131 Å². The minimum absolute atomic E-state index is 0. The molecule has 0 saturated heterocycles. The van der Waals surface area contributed by atoms with E-state index in [-0.39, 0.29) is 24.0 Å². The molecule has 0 fully saturated rings. The van der Waals surface area contributed by atoms with Gasteiger partial charge in [0.1, 0.15) is 0 Å². The van der Waals surface area contributed by atoms with Crippen LogP contribution in [0.4, 0.5) is 0 Å². The molecule has 0 aliphatic rings. The number of rotatable bonds is 5. The van der Waals surface area contributed by atoms with Crippen molar-refractivity contribution in [3.05, 3.63) is 34.9 Å². The fraction of sp³-hybridized carbons (Fsp3) is 0.462. The van der Waals surface area contributed by atoms with Gasteiger partial charge in [0.2, 0.25) is 0 Å². The largest absolute Gasteiger partial charge is 0.370 e. The SMILES string of the molecule is CC(C)CCNC(N)=NCc1ccccc1Cl.I. The fourth-order valence-electron chi connectivity index (χ4n) is 1.34. The van der Waals surface area contributed by atoms with E-state index in [1.807, 2.05) is 24.3 Å². The van der Waals surface area contributed by atoms with Gasteiger partial charge in [-0.15, -0.1) is 24.0 Å². The number of benzene rings is 1. The Morgan fingerprint density at radius 3 is 2.67 bits per heavy atom. The zero-order valence-corrected chi connectivity index (χ0v) is 13.9. The predicted molar refractivity (Wildman–Crippen MR) is 89.7 cm³/mol. The van der Waals surface area contributed by atoms with Crippen LogP contribution in [0.25, 0.3) is 0 Å². The van der Waals surface area contributed by atoms with Gasteiger partial charge < -0.3 is 11.1 Å². The molecule has 102 valence electrons. The Bertz CT molecular complexity index is 380. The van der Waals surface area contributed by atoms with Gasteiger partial charge in [0.25, 0.3) is 0 Å². The van der Waals surface area contributed by atoms with Crippen LogP contribution in [0.3, 0.4) is 0 Å². The highest BCUT2D eigenvalue weighted by molar-refractivity contribution is 14.0. The number of nitrogens with one attached hydrogen (secondary N) is 1. The van der Waals surface area contributed by atoms with Crippen molar-refractivity contribution in [3.63, 3.8) is 0 Å². The Morgan fingerprint density at radius 2 is 2.06 bits per heavy atom. The van der Waals surface area contributed by atoms with Gasteiger partial charge in [-0.2, -0.15) is 0 Å². The maximum absolute atomic E-state index is 6.02. The third-order valence-electron chi connectivity index (χ3n) is 2.41. The quantitative estimate of drug-likeness (QED) is 0.466. The molecule has 0 aromatic heterocycles. The van der Waals surface area contributed by atoms with Crippen LogP contribution in [0.5, 0.6) is 0 Å². The summed E-state index contributed by atoms with van der Waals surface area (Å²) >= 11 is 6.02. The molecule has 3 N–H and O–H groups in total. The van der Waals surface area contributed by atoms with Crippen LogP contribution in [0.2, 0.25) is 5.02 Å². The number of nitrogens with two attached hydrogens (primary N) is 1. The summed E-state index contributed by atoms with van der Waals surface area (Å²) in [5, 5.41) is 3.82. The van der Waals surface area contributed by atoms with Gasteiger partial charge in [-0.05, 0) is 24.0 Å². The van der Waals surface area contributed by atoms with Gasteiger partial charge in [-0.3, -0.25) is 0 Å². The smallest absolute Gasteiger partial charge is 0.188 e. The first kappa shape index (κ1) is 17.5. The molecule has 1 aromatic rings. The van der Waals surface area contributed by atoms with Gasteiger partial charge in [0.15, 0.2) is 5.96 Å². The van der Waals surface area contributed by atoms with Crippen molar-refractivity contribution in [1.29, 1.82) is 0 Å². The second-order valence-electron chi connectivity index (χ2n) is 4.40. The predicted octanol–water partition coefficient (Wildman–Crippen LogP) is 3.41. The number of guanidine groups is 1. The summed E-state index contributed by atoms with van der Waals surface area (Å²) in [5.41, 5.74) is 6.74. The van der Waals surface area contributed by atoms with Gasteiger partial charge >= 0.3 is 0 Å². The van der Waals surface area contributed by atoms with Gasteiger partial charge in [-0.25, -0.2) is 4.99 Å². The molecule has 0 unspecified atom stereocenters. The standard InChI is InChI=1S/C13H20ClN3.HI/c1-10(2)7-8-16-13(15)17-9-11-5-3-4-6-12(11)14;/h3-6,10H,7-9H2,1-2H3,(H3,15,16,17);1H. The van der Waals surface area contributed by atoms with Crippen molar-refractivity contribution in [3.8, 4) is 0 Å². The molecular weight excluding hydrogens is 361 g/mol. The van der Waals surface area contributed by atoms with E-state index in [9.17, 15) is 0 Å². The number of hydrogen-bond acceptors (Lipinski definition) is 1. The third-order valence-corrected chi connectivity index (χ3v) is 2.77. The zero-order valence-electron chi connectivity index (χ0n) is 10.8. The molecule has 0 spiro atoms. The second-order valence-corrected chi connectivity index (χ2v) is 4.81. The molecule has 0 amide bonds. The molecule has 1 aromatic carbocycles. The van der Waals surface area contributed by atoms with Crippen molar-refractivity contribution in [2.45, 2.75) is 26.8 Å². The average molecular weight is 382 g/mol. The highest BCUT2D eigenvalue weighted by atomic mass is 127. The summed E-state index contributed by atoms with van der Waals surface area (Å²) in [7, 11) is 0.